The molecule has 6 heteroatoms. The van der Waals surface area contributed by atoms with E-state index in [2.05, 4.69) is 46.1 Å². The number of hydrogen-bond acceptors (Lipinski definition) is 4. The van der Waals surface area contributed by atoms with Crippen LogP contribution in [0.4, 0.5) is 0 Å². The summed E-state index contributed by atoms with van der Waals surface area (Å²) in [7, 11) is 0. The third-order valence-electron chi connectivity index (χ3n) is 5.49. The Labute approximate surface area is 183 Å². The molecule has 0 spiro atoms. The molecule has 2 N–H and O–H groups in total. The van der Waals surface area contributed by atoms with Gasteiger partial charge >= 0.3 is 0 Å². The minimum absolute atomic E-state index is 0.0552. The molecule has 1 heterocycles. The highest BCUT2D eigenvalue weighted by molar-refractivity contribution is 7.98. The zero-order chi connectivity index (χ0) is 21.2. The Morgan fingerprint density at radius 1 is 1.13 bits per heavy atom. The van der Waals surface area contributed by atoms with E-state index in [1.165, 1.54) is 11.1 Å². The van der Waals surface area contributed by atoms with Crippen molar-refractivity contribution < 1.29 is 9.59 Å². The number of hydrogen-bond donors (Lipinski definition) is 2. The van der Waals surface area contributed by atoms with Crippen molar-refractivity contribution in [2.45, 2.75) is 24.8 Å². The summed E-state index contributed by atoms with van der Waals surface area (Å²) in [4.78, 5) is 27.3. The first-order chi connectivity index (χ1) is 14.7. The van der Waals surface area contributed by atoms with Crippen LogP contribution in [0.25, 0.3) is 0 Å². The van der Waals surface area contributed by atoms with Crippen LogP contribution in [0.5, 0.6) is 0 Å². The normalized spacial score (nSPS) is 17.0. The average Bonchev–Trinajstić information content (AvgIpc) is 2.78. The van der Waals surface area contributed by atoms with Crippen molar-refractivity contribution in [2.75, 3.05) is 38.2 Å². The molecule has 1 aliphatic heterocycles. The van der Waals surface area contributed by atoms with Crippen LogP contribution in [-0.4, -0.2) is 60.9 Å². The first kappa shape index (κ1) is 22.4. The zero-order valence-electron chi connectivity index (χ0n) is 17.5. The largest absolute Gasteiger partial charge is 0.356 e. The van der Waals surface area contributed by atoms with Gasteiger partial charge in [0, 0.05) is 32.1 Å². The van der Waals surface area contributed by atoms with E-state index in [1.54, 1.807) is 11.8 Å². The maximum absolute atomic E-state index is 12.6. The van der Waals surface area contributed by atoms with E-state index in [4.69, 9.17) is 0 Å². The van der Waals surface area contributed by atoms with Crippen LogP contribution in [0.15, 0.2) is 60.7 Å². The second-order valence-corrected chi connectivity index (χ2v) is 8.56. The van der Waals surface area contributed by atoms with Crippen LogP contribution < -0.4 is 10.6 Å². The summed E-state index contributed by atoms with van der Waals surface area (Å²) in [5.74, 6) is 1.05. The van der Waals surface area contributed by atoms with Crippen LogP contribution >= 0.6 is 11.8 Å². The Bertz CT molecular complexity index is 761. The van der Waals surface area contributed by atoms with Gasteiger partial charge in [-0.3, -0.25) is 14.5 Å². The molecule has 0 aromatic heterocycles. The minimum atomic E-state index is -0.436. The second-order valence-electron chi connectivity index (χ2n) is 7.58. The number of nitrogens with zero attached hydrogens (tertiary/aromatic N) is 1. The number of carbonyl (C=O) groups is 2. The summed E-state index contributed by atoms with van der Waals surface area (Å²) in [6, 6.07) is 20.3. The lowest BCUT2D eigenvalue weighted by atomic mass is 9.90. The van der Waals surface area contributed by atoms with Gasteiger partial charge in [0.2, 0.25) is 11.8 Å². The van der Waals surface area contributed by atoms with Crippen molar-refractivity contribution in [2.24, 2.45) is 0 Å². The standard InChI is InChI=1S/C24H31N3O2S/c1-30-16-8-13-25-23(28)17-22-24(29)26-14-15-27(22)18-21(19-9-4-2-5-10-19)20-11-6-3-7-12-20/h2-7,9-12,21-22H,8,13-18H2,1H3,(H,25,28)(H,26,29). The number of carbonyl (C=O) groups excluding carboxylic acids is 2. The average molecular weight is 426 g/mol. The molecule has 0 bridgehead atoms. The van der Waals surface area contributed by atoms with Crippen LogP contribution in [0.3, 0.4) is 0 Å². The van der Waals surface area contributed by atoms with Gasteiger partial charge in [0.1, 0.15) is 0 Å². The van der Waals surface area contributed by atoms with E-state index in [0.29, 0.717) is 19.6 Å². The number of benzene rings is 2. The molecule has 1 saturated heterocycles. The fourth-order valence-electron chi connectivity index (χ4n) is 3.90. The van der Waals surface area contributed by atoms with Gasteiger partial charge in [-0.2, -0.15) is 11.8 Å². The van der Waals surface area contributed by atoms with Gasteiger partial charge in [0.15, 0.2) is 0 Å². The van der Waals surface area contributed by atoms with E-state index >= 15 is 0 Å². The lowest BCUT2D eigenvalue weighted by molar-refractivity contribution is -0.134. The second kappa shape index (κ2) is 11.8. The van der Waals surface area contributed by atoms with Crippen LogP contribution in [0.2, 0.25) is 0 Å². The number of rotatable bonds is 10. The van der Waals surface area contributed by atoms with Crippen LogP contribution in [0, 0.1) is 0 Å². The van der Waals surface area contributed by atoms with Gasteiger partial charge in [-0.1, -0.05) is 60.7 Å². The molecule has 160 valence electrons. The van der Waals surface area contributed by atoms with Crippen molar-refractivity contribution in [3.63, 3.8) is 0 Å². The predicted octanol–water partition coefficient (Wildman–Crippen LogP) is 2.88. The van der Waals surface area contributed by atoms with E-state index < -0.39 is 6.04 Å². The smallest absolute Gasteiger partial charge is 0.237 e. The van der Waals surface area contributed by atoms with Gasteiger partial charge in [-0.05, 0) is 29.6 Å². The molecular formula is C24H31N3O2S. The van der Waals surface area contributed by atoms with Gasteiger partial charge in [-0.25, -0.2) is 0 Å². The molecule has 0 saturated carbocycles. The molecule has 5 nitrogen and oxygen atoms in total. The SMILES string of the molecule is CSCCCNC(=O)CC1C(=O)NCCN1CC(c1ccccc1)c1ccccc1. The van der Waals surface area contributed by atoms with Crippen LogP contribution in [-0.2, 0) is 9.59 Å². The molecule has 1 fully saturated rings. The molecule has 1 atom stereocenters. The Balaban J connectivity index is 1.73. The number of nitrogens with one attached hydrogen (secondary N) is 2. The zero-order valence-corrected chi connectivity index (χ0v) is 18.4. The molecule has 1 unspecified atom stereocenters. The summed E-state index contributed by atoms with van der Waals surface area (Å²) < 4.78 is 0. The summed E-state index contributed by atoms with van der Waals surface area (Å²) in [6.45, 7) is 2.71. The summed E-state index contributed by atoms with van der Waals surface area (Å²) >= 11 is 1.77. The fraction of sp³-hybridized carbons (Fsp3) is 0.417. The fourth-order valence-corrected chi connectivity index (χ4v) is 4.34. The van der Waals surface area contributed by atoms with Gasteiger partial charge in [-0.15, -0.1) is 0 Å². The maximum atomic E-state index is 12.6. The lowest BCUT2D eigenvalue weighted by Crippen LogP contribution is -2.57. The number of piperazine rings is 1. The lowest BCUT2D eigenvalue weighted by Gasteiger charge is -2.37. The Morgan fingerprint density at radius 2 is 1.77 bits per heavy atom. The molecule has 0 aliphatic carbocycles. The van der Waals surface area contributed by atoms with Crippen molar-refractivity contribution in [3.8, 4) is 0 Å². The van der Waals surface area contributed by atoms with E-state index in [1.807, 2.05) is 36.4 Å². The Morgan fingerprint density at radius 3 is 2.37 bits per heavy atom. The molecule has 2 amide bonds. The molecular weight excluding hydrogens is 394 g/mol. The highest BCUT2D eigenvalue weighted by atomic mass is 32.2. The monoisotopic (exact) mass is 425 g/mol. The maximum Gasteiger partial charge on any atom is 0.237 e. The topological polar surface area (TPSA) is 61.4 Å². The third kappa shape index (κ3) is 6.34. The van der Waals surface area contributed by atoms with Crippen molar-refractivity contribution in [1.29, 1.82) is 0 Å². The molecule has 2 aromatic carbocycles. The minimum Gasteiger partial charge on any atom is -0.356 e. The molecule has 2 aromatic rings. The van der Waals surface area contributed by atoms with E-state index in [9.17, 15) is 9.59 Å². The van der Waals surface area contributed by atoms with Gasteiger partial charge < -0.3 is 10.6 Å². The molecule has 0 radical (unpaired) electrons. The van der Waals surface area contributed by atoms with E-state index in [-0.39, 0.29) is 24.2 Å². The first-order valence-electron chi connectivity index (χ1n) is 10.6. The summed E-state index contributed by atoms with van der Waals surface area (Å²) in [6.07, 6.45) is 3.20. The number of amides is 2. The molecule has 1 aliphatic rings. The summed E-state index contributed by atoms with van der Waals surface area (Å²) in [5, 5.41) is 5.90. The quantitative estimate of drug-likeness (QED) is 0.575. The Hall–Kier alpha value is -2.31. The summed E-state index contributed by atoms with van der Waals surface area (Å²) in [5.41, 5.74) is 2.44. The highest BCUT2D eigenvalue weighted by Gasteiger charge is 2.33. The van der Waals surface area contributed by atoms with Crippen LogP contribution in [0.1, 0.15) is 29.9 Å². The molecule has 3 rings (SSSR count). The predicted molar refractivity (Wildman–Crippen MR) is 124 cm³/mol. The van der Waals surface area contributed by atoms with Gasteiger partial charge in [0.05, 0.1) is 12.5 Å². The van der Waals surface area contributed by atoms with Crippen molar-refractivity contribution in [3.05, 3.63) is 71.8 Å². The molecule has 30 heavy (non-hydrogen) atoms. The van der Waals surface area contributed by atoms with Crippen molar-refractivity contribution in [1.82, 2.24) is 15.5 Å². The number of thioether (sulfide) groups is 1. The van der Waals surface area contributed by atoms with E-state index in [0.717, 1.165) is 18.7 Å². The third-order valence-corrected chi connectivity index (χ3v) is 6.19. The first-order valence-corrected chi connectivity index (χ1v) is 12.0. The Kier molecular flexibility index (Phi) is 8.78. The highest BCUT2D eigenvalue weighted by Crippen LogP contribution is 2.27. The van der Waals surface area contributed by atoms with Gasteiger partial charge in [0.25, 0.3) is 0 Å². The van der Waals surface area contributed by atoms with Crippen molar-refractivity contribution >= 4 is 23.6 Å².